The molecule has 3 atom stereocenters. The molecule has 1 saturated heterocycles. The van der Waals surface area contributed by atoms with Gasteiger partial charge in [-0.15, -0.1) is 0 Å². The molecule has 0 saturated carbocycles. The molecule has 1 aliphatic heterocycles. The summed E-state index contributed by atoms with van der Waals surface area (Å²) in [4.78, 5) is 35.6. The third kappa shape index (κ3) is 3.14. The van der Waals surface area contributed by atoms with Crippen molar-refractivity contribution in [1.29, 1.82) is 0 Å². The second-order valence-corrected chi connectivity index (χ2v) is 4.63. The van der Waals surface area contributed by atoms with Gasteiger partial charge in [0.2, 0.25) is 0 Å². The number of aromatic nitrogens is 2. The first-order chi connectivity index (χ1) is 9.51. The van der Waals surface area contributed by atoms with E-state index in [1.54, 1.807) is 0 Å². The van der Waals surface area contributed by atoms with Gasteiger partial charge in [-0.3, -0.25) is 19.1 Å². The van der Waals surface area contributed by atoms with E-state index in [2.05, 4.69) is 4.98 Å². The molecule has 1 fully saturated rings. The van der Waals surface area contributed by atoms with Gasteiger partial charge in [-0.05, 0) is 0 Å². The zero-order chi connectivity index (χ0) is 14.7. The molecular formula is C12H16N2O6. The van der Waals surface area contributed by atoms with Gasteiger partial charge in [0.15, 0.2) is 0 Å². The zero-order valence-corrected chi connectivity index (χ0v) is 10.9. The van der Waals surface area contributed by atoms with Gasteiger partial charge >= 0.3 is 11.7 Å². The Morgan fingerprint density at radius 3 is 2.95 bits per heavy atom. The molecule has 0 spiro atoms. The van der Waals surface area contributed by atoms with Crippen molar-refractivity contribution in [3.8, 4) is 0 Å². The summed E-state index contributed by atoms with van der Waals surface area (Å²) in [5, 5.41) is 9.27. The standard InChI is InChI=1S/C12H16N2O6/c1-7(16)19-6-8-4-11(20-9(8)5-15)14-3-2-10(17)13-12(14)18/h2-3,8-9,11,15H,4-6H2,1H3,(H,13,17,18)/t8-,9-,11-/m1/s1. The Bertz CT molecular complexity index is 592. The van der Waals surface area contributed by atoms with Crippen LogP contribution >= 0.6 is 0 Å². The monoisotopic (exact) mass is 284 g/mol. The number of rotatable bonds is 4. The lowest BCUT2D eigenvalue weighted by Crippen LogP contribution is -2.31. The van der Waals surface area contributed by atoms with Crippen LogP contribution in [-0.4, -0.2) is 39.9 Å². The van der Waals surface area contributed by atoms with E-state index in [4.69, 9.17) is 9.47 Å². The Morgan fingerprint density at radius 2 is 2.35 bits per heavy atom. The van der Waals surface area contributed by atoms with Crippen LogP contribution < -0.4 is 11.2 Å². The number of carbonyl (C=O) groups excluding carboxylic acids is 1. The average Bonchev–Trinajstić information content (AvgIpc) is 2.79. The van der Waals surface area contributed by atoms with E-state index in [0.29, 0.717) is 6.42 Å². The number of nitrogens with zero attached hydrogens (tertiary/aromatic N) is 1. The second-order valence-electron chi connectivity index (χ2n) is 4.63. The fraction of sp³-hybridized carbons (Fsp3) is 0.583. The van der Waals surface area contributed by atoms with Crippen molar-refractivity contribution >= 4 is 5.97 Å². The molecule has 1 aliphatic rings. The van der Waals surface area contributed by atoms with Crippen molar-refractivity contribution in [3.05, 3.63) is 33.1 Å². The number of carbonyl (C=O) groups is 1. The molecule has 0 unspecified atom stereocenters. The predicted octanol–water partition coefficient (Wildman–Crippen LogP) is -1.00. The lowest BCUT2D eigenvalue weighted by atomic mass is 10.0. The molecule has 8 nitrogen and oxygen atoms in total. The topological polar surface area (TPSA) is 111 Å². The molecule has 0 aromatic carbocycles. The second kappa shape index (κ2) is 6.02. The van der Waals surface area contributed by atoms with Crippen LogP contribution in [0.3, 0.4) is 0 Å². The maximum Gasteiger partial charge on any atom is 0.330 e. The van der Waals surface area contributed by atoms with Gasteiger partial charge in [-0.1, -0.05) is 0 Å². The molecule has 1 aromatic rings. The minimum atomic E-state index is -0.600. The molecule has 0 bridgehead atoms. The van der Waals surface area contributed by atoms with Gasteiger partial charge in [-0.2, -0.15) is 0 Å². The van der Waals surface area contributed by atoms with Gasteiger partial charge in [-0.25, -0.2) is 4.79 Å². The Hall–Kier alpha value is -1.93. The number of aliphatic hydroxyl groups is 1. The first-order valence-corrected chi connectivity index (χ1v) is 6.22. The van der Waals surface area contributed by atoms with Crippen LogP contribution in [-0.2, 0) is 14.3 Å². The third-order valence-corrected chi connectivity index (χ3v) is 3.20. The predicted molar refractivity (Wildman–Crippen MR) is 67.1 cm³/mol. The van der Waals surface area contributed by atoms with Crippen molar-refractivity contribution in [2.24, 2.45) is 5.92 Å². The summed E-state index contributed by atoms with van der Waals surface area (Å²) < 4.78 is 11.7. The zero-order valence-electron chi connectivity index (χ0n) is 10.9. The summed E-state index contributed by atoms with van der Waals surface area (Å²) in [5.74, 6) is -0.612. The van der Waals surface area contributed by atoms with Gasteiger partial charge in [0, 0.05) is 31.5 Å². The molecule has 0 radical (unpaired) electrons. The van der Waals surface area contributed by atoms with Crippen molar-refractivity contribution < 1.29 is 19.4 Å². The van der Waals surface area contributed by atoms with E-state index < -0.39 is 29.6 Å². The summed E-state index contributed by atoms with van der Waals surface area (Å²) in [6.45, 7) is 1.18. The van der Waals surface area contributed by atoms with Crippen molar-refractivity contribution in [3.63, 3.8) is 0 Å². The number of ether oxygens (including phenoxy) is 2. The first kappa shape index (κ1) is 14.5. The minimum Gasteiger partial charge on any atom is -0.465 e. The summed E-state index contributed by atoms with van der Waals surface area (Å²) in [6, 6.07) is 1.22. The quantitative estimate of drug-likeness (QED) is 0.686. The fourth-order valence-electron chi connectivity index (χ4n) is 2.20. The highest BCUT2D eigenvalue weighted by Gasteiger charge is 2.36. The third-order valence-electron chi connectivity index (χ3n) is 3.20. The number of hydrogen-bond donors (Lipinski definition) is 2. The van der Waals surface area contributed by atoms with Gasteiger partial charge in [0.05, 0.1) is 19.3 Å². The minimum absolute atomic E-state index is 0.120. The van der Waals surface area contributed by atoms with Crippen LogP contribution in [0.4, 0.5) is 0 Å². The number of aromatic amines is 1. The smallest absolute Gasteiger partial charge is 0.330 e. The molecule has 2 N–H and O–H groups in total. The van der Waals surface area contributed by atoms with E-state index in [1.165, 1.54) is 23.8 Å². The molecule has 0 amide bonds. The Labute approximate surface area is 114 Å². The number of aliphatic hydroxyl groups excluding tert-OH is 1. The summed E-state index contributed by atoms with van der Waals surface area (Å²) in [7, 11) is 0. The van der Waals surface area contributed by atoms with Crippen molar-refractivity contribution in [2.75, 3.05) is 13.2 Å². The molecule has 20 heavy (non-hydrogen) atoms. The molecule has 110 valence electrons. The summed E-state index contributed by atoms with van der Waals surface area (Å²) >= 11 is 0. The lowest BCUT2D eigenvalue weighted by Gasteiger charge is -2.15. The van der Waals surface area contributed by atoms with Crippen molar-refractivity contribution in [2.45, 2.75) is 25.7 Å². The van der Waals surface area contributed by atoms with E-state index in [0.717, 1.165) is 0 Å². The van der Waals surface area contributed by atoms with Crippen LogP contribution in [0.5, 0.6) is 0 Å². The van der Waals surface area contributed by atoms with Crippen LogP contribution in [0.2, 0.25) is 0 Å². The maximum absolute atomic E-state index is 11.7. The maximum atomic E-state index is 11.7. The number of H-pyrrole nitrogens is 1. The highest BCUT2D eigenvalue weighted by molar-refractivity contribution is 5.65. The molecule has 0 aliphatic carbocycles. The van der Waals surface area contributed by atoms with Gasteiger partial charge in [0.25, 0.3) is 5.56 Å². The summed E-state index contributed by atoms with van der Waals surface area (Å²) in [5.41, 5.74) is -1.06. The number of nitrogens with one attached hydrogen (secondary N) is 1. The van der Waals surface area contributed by atoms with Crippen molar-refractivity contribution in [1.82, 2.24) is 9.55 Å². The fourth-order valence-corrected chi connectivity index (χ4v) is 2.20. The SMILES string of the molecule is CC(=O)OC[C@H]1C[C@H](n2ccc(=O)[nH]c2=O)O[C@@H]1CO. The molecule has 8 heteroatoms. The van der Waals surface area contributed by atoms with Crippen LogP contribution in [0, 0.1) is 5.92 Å². The first-order valence-electron chi connectivity index (χ1n) is 6.22. The Morgan fingerprint density at radius 1 is 1.60 bits per heavy atom. The van der Waals surface area contributed by atoms with Gasteiger partial charge in [0.1, 0.15) is 6.23 Å². The normalized spacial score (nSPS) is 25.6. The van der Waals surface area contributed by atoms with Crippen LogP contribution in [0.15, 0.2) is 21.9 Å². The Balaban J connectivity index is 2.13. The number of esters is 1. The average molecular weight is 284 g/mol. The van der Waals surface area contributed by atoms with E-state index in [1.807, 2.05) is 0 Å². The highest BCUT2D eigenvalue weighted by Crippen LogP contribution is 2.32. The van der Waals surface area contributed by atoms with E-state index >= 15 is 0 Å². The van der Waals surface area contributed by atoms with E-state index in [9.17, 15) is 19.5 Å². The van der Waals surface area contributed by atoms with E-state index in [-0.39, 0.29) is 19.1 Å². The molecule has 2 heterocycles. The number of hydrogen-bond acceptors (Lipinski definition) is 6. The van der Waals surface area contributed by atoms with Gasteiger partial charge < -0.3 is 14.6 Å². The molecule has 2 rings (SSSR count). The van der Waals surface area contributed by atoms with Crippen LogP contribution in [0.25, 0.3) is 0 Å². The molecular weight excluding hydrogens is 268 g/mol. The Kier molecular flexibility index (Phi) is 4.35. The molecule has 1 aromatic heterocycles. The summed E-state index contributed by atoms with van der Waals surface area (Å²) in [6.07, 6.45) is 0.633. The highest BCUT2D eigenvalue weighted by atomic mass is 16.5. The lowest BCUT2D eigenvalue weighted by molar-refractivity contribution is -0.143. The largest absolute Gasteiger partial charge is 0.465 e. The van der Waals surface area contributed by atoms with Crippen LogP contribution in [0.1, 0.15) is 19.6 Å².